The van der Waals surface area contributed by atoms with Gasteiger partial charge in [0.15, 0.2) is 0 Å². The Morgan fingerprint density at radius 2 is 2.16 bits per heavy atom. The lowest BCUT2D eigenvalue weighted by Gasteiger charge is -2.09. The smallest absolute Gasteiger partial charge is 0.328 e. The zero-order valence-electron chi connectivity index (χ0n) is 10.8. The second kappa shape index (κ2) is 5.51. The maximum absolute atomic E-state index is 11.8. The first kappa shape index (κ1) is 13.1. The summed E-state index contributed by atoms with van der Waals surface area (Å²) in [6, 6.07) is 3.60. The maximum Gasteiger partial charge on any atom is 0.328 e. The molecule has 100 valence electrons. The van der Waals surface area contributed by atoms with Gasteiger partial charge in [0.25, 0.3) is 5.56 Å². The summed E-state index contributed by atoms with van der Waals surface area (Å²) in [5.41, 5.74) is 0.582. The van der Waals surface area contributed by atoms with Crippen molar-refractivity contribution >= 4 is 0 Å². The Morgan fingerprint density at radius 3 is 2.84 bits per heavy atom. The number of H-pyrrole nitrogens is 1. The minimum atomic E-state index is -0.437. The molecule has 0 saturated heterocycles. The first-order chi connectivity index (χ1) is 9.15. The van der Waals surface area contributed by atoms with Gasteiger partial charge in [-0.15, -0.1) is 0 Å². The van der Waals surface area contributed by atoms with Crippen molar-refractivity contribution in [3.05, 3.63) is 56.5 Å². The molecule has 0 saturated carbocycles. The maximum atomic E-state index is 11.8. The topological polar surface area (TPSA) is 77.0 Å². The van der Waals surface area contributed by atoms with Crippen molar-refractivity contribution in [3.8, 4) is 5.88 Å². The third kappa shape index (κ3) is 2.73. The van der Waals surface area contributed by atoms with Crippen LogP contribution in [0.3, 0.4) is 0 Å². The van der Waals surface area contributed by atoms with Crippen LogP contribution in [0.25, 0.3) is 0 Å². The Bertz CT molecular complexity index is 688. The third-order valence-corrected chi connectivity index (χ3v) is 2.85. The lowest BCUT2D eigenvalue weighted by molar-refractivity contribution is 0.390. The van der Waals surface area contributed by atoms with E-state index >= 15 is 0 Å². The van der Waals surface area contributed by atoms with E-state index in [2.05, 4.69) is 9.97 Å². The summed E-state index contributed by atoms with van der Waals surface area (Å²) in [6.45, 7) is 2.17. The van der Waals surface area contributed by atoms with E-state index in [4.69, 9.17) is 4.74 Å². The third-order valence-electron chi connectivity index (χ3n) is 2.85. The largest absolute Gasteiger partial charge is 0.481 e. The molecule has 2 aromatic heterocycles. The van der Waals surface area contributed by atoms with E-state index in [1.54, 1.807) is 18.5 Å². The van der Waals surface area contributed by atoms with E-state index < -0.39 is 5.69 Å². The van der Waals surface area contributed by atoms with Crippen molar-refractivity contribution in [1.29, 1.82) is 0 Å². The van der Waals surface area contributed by atoms with Crippen LogP contribution in [0.1, 0.15) is 18.1 Å². The molecule has 0 aliphatic carbocycles. The van der Waals surface area contributed by atoms with Gasteiger partial charge < -0.3 is 4.74 Å². The summed E-state index contributed by atoms with van der Waals surface area (Å²) < 4.78 is 6.58. The van der Waals surface area contributed by atoms with E-state index in [0.29, 0.717) is 24.4 Å². The predicted octanol–water partition coefficient (Wildman–Crippen LogP) is 0.551. The van der Waals surface area contributed by atoms with Gasteiger partial charge in [0.1, 0.15) is 0 Å². The van der Waals surface area contributed by atoms with Gasteiger partial charge in [-0.1, -0.05) is 13.0 Å². The minimum Gasteiger partial charge on any atom is -0.481 e. The van der Waals surface area contributed by atoms with Crippen molar-refractivity contribution in [2.24, 2.45) is 0 Å². The zero-order valence-corrected chi connectivity index (χ0v) is 10.8. The molecule has 0 aliphatic heterocycles. The fourth-order valence-corrected chi connectivity index (χ4v) is 1.84. The van der Waals surface area contributed by atoms with Gasteiger partial charge in [-0.3, -0.25) is 14.3 Å². The molecule has 2 aromatic rings. The molecule has 0 spiro atoms. The van der Waals surface area contributed by atoms with Crippen molar-refractivity contribution < 1.29 is 4.74 Å². The molecule has 0 amide bonds. The predicted molar refractivity (Wildman–Crippen MR) is 70.6 cm³/mol. The van der Waals surface area contributed by atoms with Crippen LogP contribution in [0.5, 0.6) is 5.88 Å². The van der Waals surface area contributed by atoms with Crippen molar-refractivity contribution in [2.45, 2.75) is 19.9 Å². The summed E-state index contributed by atoms with van der Waals surface area (Å²) in [4.78, 5) is 29.6. The van der Waals surface area contributed by atoms with Crippen LogP contribution in [0.4, 0.5) is 0 Å². The Kier molecular flexibility index (Phi) is 3.79. The van der Waals surface area contributed by atoms with Gasteiger partial charge in [0.05, 0.1) is 13.7 Å². The first-order valence-corrected chi connectivity index (χ1v) is 5.96. The molecule has 0 unspecified atom stereocenters. The fraction of sp³-hybridized carbons (Fsp3) is 0.308. The van der Waals surface area contributed by atoms with Crippen LogP contribution in [0, 0.1) is 0 Å². The average Bonchev–Trinajstić information content (AvgIpc) is 2.42. The van der Waals surface area contributed by atoms with Crippen molar-refractivity contribution in [1.82, 2.24) is 14.5 Å². The number of rotatable bonds is 4. The lowest BCUT2D eigenvalue weighted by atomic mass is 10.2. The molecule has 0 aromatic carbocycles. The van der Waals surface area contributed by atoms with Crippen LogP contribution in [-0.2, 0) is 13.0 Å². The van der Waals surface area contributed by atoms with E-state index in [9.17, 15) is 9.59 Å². The van der Waals surface area contributed by atoms with E-state index in [1.165, 1.54) is 11.7 Å². The molecule has 0 bridgehead atoms. The molecule has 2 heterocycles. The number of aryl methyl sites for hydroxylation is 1. The number of hydrogen-bond acceptors (Lipinski definition) is 4. The van der Waals surface area contributed by atoms with E-state index in [1.807, 2.05) is 13.0 Å². The highest BCUT2D eigenvalue weighted by Crippen LogP contribution is 2.14. The molecular weight excluding hydrogens is 246 g/mol. The van der Waals surface area contributed by atoms with E-state index in [-0.39, 0.29) is 5.56 Å². The van der Waals surface area contributed by atoms with E-state index in [0.717, 1.165) is 5.56 Å². The Labute approximate surface area is 109 Å². The van der Waals surface area contributed by atoms with Gasteiger partial charge in [-0.25, -0.2) is 9.78 Å². The monoisotopic (exact) mass is 261 g/mol. The first-order valence-electron chi connectivity index (χ1n) is 5.96. The number of ether oxygens (including phenoxy) is 1. The summed E-state index contributed by atoms with van der Waals surface area (Å²) in [5, 5.41) is 0. The minimum absolute atomic E-state index is 0.305. The quantitative estimate of drug-likeness (QED) is 0.872. The molecular formula is C13H15N3O3. The fourth-order valence-electron chi connectivity index (χ4n) is 1.84. The number of hydrogen-bond donors (Lipinski definition) is 1. The molecule has 19 heavy (non-hydrogen) atoms. The number of aromatic amines is 1. The summed E-state index contributed by atoms with van der Waals surface area (Å²) in [5.74, 6) is 0.471. The van der Waals surface area contributed by atoms with Crippen molar-refractivity contribution in [3.63, 3.8) is 0 Å². The second-order valence-electron chi connectivity index (χ2n) is 4.07. The number of nitrogens with zero attached hydrogens (tertiary/aromatic N) is 2. The number of nitrogens with one attached hydrogen (secondary N) is 1. The average molecular weight is 261 g/mol. The van der Waals surface area contributed by atoms with Crippen LogP contribution in [0.2, 0.25) is 0 Å². The van der Waals surface area contributed by atoms with Crippen LogP contribution in [0.15, 0.2) is 34.1 Å². The SMILES string of the molecule is CCc1cn(Cc2cccnc2OC)c(=O)[nH]c1=O. The number of pyridine rings is 1. The highest BCUT2D eigenvalue weighted by molar-refractivity contribution is 5.25. The second-order valence-corrected chi connectivity index (χ2v) is 4.07. The highest BCUT2D eigenvalue weighted by atomic mass is 16.5. The standard InChI is InChI=1S/C13H15N3O3/c1-3-9-7-16(13(18)15-11(9)17)8-10-5-4-6-14-12(10)19-2/h4-7H,3,8H2,1-2H3,(H,15,17,18). The van der Waals surface area contributed by atoms with Crippen molar-refractivity contribution in [2.75, 3.05) is 7.11 Å². The summed E-state index contributed by atoms with van der Waals surface area (Å²) in [7, 11) is 1.53. The molecule has 0 fully saturated rings. The normalized spacial score (nSPS) is 10.4. The molecule has 6 heteroatoms. The van der Waals surface area contributed by atoms with Gasteiger partial charge in [-0.05, 0) is 12.5 Å². The molecule has 0 aliphatic rings. The van der Waals surface area contributed by atoms with Crippen LogP contribution < -0.4 is 16.0 Å². The molecule has 6 nitrogen and oxygen atoms in total. The lowest BCUT2D eigenvalue weighted by Crippen LogP contribution is -2.31. The van der Waals surface area contributed by atoms with Gasteiger partial charge in [0, 0.05) is 23.5 Å². The zero-order chi connectivity index (χ0) is 13.8. The molecule has 2 rings (SSSR count). The van der Waals surface area contributed by atoms with Gasteiger partial charge in [0.2, 0.25) is 5.88 Å². The van der Waals surface area contributed by atoms with Crippen LogP contribution in [-0.4, -0.2) is 21.6 Å². The highest BCUT2D eigenvalue weighted by Gasteiger charge is 2.07. The summed E-state index contributed by atoms with van der Waals surface area (Å²) in [6.07, 6.45) is 3.77. The number of methoxy groups -OCH3 is 1. The molecule has 0 atom stereocenters. The Morgan fingerprint density at radius 1 is 1.37 bits per heavy atom. The molecule has 1 N–H and O–H groups in total. The Hall–Kier alpha value is -2.37. The van der Waals surface area contributed by atoms with Gasteiger partial charge in [-0.2, -0.15) is 0 Å². The number of aromatic nitrogens is 3. The summed E-state index contributed by atoms with van der Waals surface area (Å²) >= 11 is 0. The Balaban J connectivity index is 2.43. The molecule has 0 radical (unpaired) electrons. The van der Waals surface area contributed by atoms with Gasteiger partial charge >= 0.3 is 5.69 Å². The van der Waals surface area contributed by atoms with Crippen LogP contribution >= 0.6 is 0 Å².